The van der Waals surface area contributed by atoms with Crippen LogP contribution in [0.4, 0.5) is 18.0 Å². The molecule has 2 amide bonds. The molecule has 1 heterocycles. The average Bonchev–Trinajstić information content (AvgIpc) is 2.99. The maximum atomic E-state index is 13.1. The molecule has 0 bridgehead atoms. The maximum Gasteiger partial charge on any atom is 0.408 e. The lowest BCUT2D eigenvalue weighted by molar-refractivity contribution is -0.152. The first-order chi connectivity index (χ1) is 11.3. The van der Waals surface area contributed by atoms with Gasteiger partial charge in [-0.05, 0) is 12.5 Å². The molecule has 0 spiro atoms. The predicted octanol–water partition coefficient (Wildman–Crippen LogP) is 2.14. The Bertz CT molecular complexity index is 630. The molecule has 0 radical (unpaired) electrons. The molecule has 0 fully saturated rings. The van der Waals surface area contributed by atoms with Crippen LogP contribution in [-0.2, 0) is 13.0 Å². The summed E-state index contributed by atoms with van der Waals surface area (Å²) in [6.45, 7) is 1.98. The minimum absolute atomic E-state index is 0.308. The van der Waals surface area contributed by atoms with Gasteiger partial charge in [-0.1, -0.05) is 30.3 Å². The van der Waals surface area contributed by atoms with Gasteiger partial charge in [0.15, 0.2) is 0 Å². The standard InChI is InChI=1S/C15H18F3N5O/c1-11(8-23-10-19-9-20-23)21-14(24)22-13(15(16,17)18)7-12-5-3-2-4-6-12/h2-6,9-11,13H,7-8H2,1H3,(H2,21,22,24)/t11-,13-/m1/s1. The zero-order chi connectivity index (χ0) is 17.6. The van der Waals surface area contributed by atoms with E-state index in [4.69, 9.17) is 0 Å². The smallest absolute Gasteiger partial charge is 0.334 e. The summed E-state index contributed by atoms with van der Waals surface area (Å²) in [6, 6.07) is 4.97. The molecule has 1 aromatic heterocycles. The van der Waals surface area contributed by atoms with Crippen molar-refractivity contribution in [2.24, 2.45) is 0 Å². The van der Waals surface area contributed by atoms with Crippen LogP contribution in [0.1, 0.15) is 12.5 Å². The summed E-state index contributed by atoms with van der Waals surface area (Å²) in [4.78, 5) is 15.6. The van der Waals surface area contributed by atoms with Crippen molar-refractivity contribution in [1.29, 1.82) is 0 Å². The summed E-state index contributed by atoms with van der Waals surface area (Å²) in [5, 5.41) is 8.34. The molecule has 0 saturated carbocycles. The number of aromatic nitrogens is 3. The highest BCUT2D eigenvalue weighted by Crippen LogP contribution is 2.23. The average molecular weight is 341 g/mol. The number of hydrogen-bond donors (Lipinski definition) is 2. The quantitative estimate of drug-likeness (QED) is 0.846. The molecule has 6 nitrogen and oxygen atoms in total. The van der Waals surface area contributed by atoms with E-state index in [9.17, 15) is 18.0 Å². The molecular weight excluding hydrogens is 323 g/mol. The van der Waals surface area contributed by atoms with Crippen molar-refractivity contribution in [3.8, 4) is 0 Å². The molecule has 2 N–H and O–H groups in total. The number of rotatable bonds is 6. The fourth-order valence-corrected chi connectivity index (χ4v) is 2.18. The number of benzene rings is 1. The van der Waals surface area contributed by atoms with Gasteiger partial charge < -0.3 is 10.6 Å². The van der Waals surface area contributed by atoms with Crippen LogP contribution in [0.15, 0.2) is 43.0 Å². The van der Waals surface area contributed by atoms with Gasteiger partial charge in [-0.3, -0.25) is 4.68 Å². The first kappa shape index (κ1) is 17.8. The largest absolute Gasteiger partial charge is 0.408 e. The third-order valence-electron chi connectivity index (χ3n) is 3.29. The molecule has 9 heteroatoms. The second kappa shape index (κ2) is 7.80. The first-order valence-electron chi connectivity index (χ1n) is 7.34. The monoisotopic (exact) mass is 341 g/mol. The Hall–Kier alpha value is -2.58. The van der Waals surface area contributed by atoms with E-state index in [1.54, 1.807) is 37.3 Å². The molecule has 0 unspecified atom stereocenters. The Labute approximate surface area is 137 Å². The SMILES string of the molecule is C[C@H](Cn1cncn1)NC(=O)N[C@H](Cc1ccccc1)C(F)(F)F. The van der Waals surface area contributed by atoms with E-state index in [-0.39, 0.29) is 6.42 Å². The van der Waals surface area contributed by atoms with Crippen molar-refractivity contribution in [2.45, 2.75) is 38.1 Å². The van der Waals surface area contributed by atoms with Gasteiger partial charge in [0.2, 0.25) is 0 Å². The number of urea groups is 1. The lowest BCUT2D eigenvalue weighted by atomic mass is 10.1. The highest BCUT2D eigenvalue weighted by atomic mass is 19.4. The maximum absolute atomic E-state index is 13.1. The molecular formula is C15H18F3N5O. The first-order valence-corrected chi connectivity index (χ1v) is 7.34. The van der Waals surface area contributed by atoms with Gasteiger partial charge in [0.25, 0.3) is 0 Å². The highest BCUT2D eigenvalue weighted by Gasteiger charge is 2.40. The van der Waals surface area contributed by atoms with Crippen molar-refractivity contribution in [3.63, 3.8) is 0 Å². The van der Waals surface area contributed by atoms with E-state index in [1.807, 2.05) is 5.32 Å². The summed E-state index contributed by atoms with van der Waals surface area (Å²) in [6.07, 6.45) is -2.06. The van der Waals surface area contributed by atoms with Crippen LogP contribution in [-0.4, -0.2) is 39.1 Å². The molecule has 2 aromatic rings. The minimum Gasteiger partial charge on any atom is -0.334 e. The summed E-state index contributed by atoms with van der Waals surface area (Å²) in [5.41, 5.74) is 0.496. The molecule has 0 aliphatic rings. The van der Waals surface area contributed by atoms with Gasteiger partial charge >= 0.3 is 12.2 Å². The number of hydrogen-bond acceptors (Lipinski definition) is 3. The van der Waals surface area contributed by atoms with Crippen molar-refractivity contribution >= 4 is 6.03 Å². The van der Waals surface area contributed by atoms with E-state index in [0.717, 1.165) is 0 Å². The number of carbonyl (C=O) groups excluding carboxylic acids is 1. The molecule has 130 valence electrons. The summed E-state index contributed by atoms with van der Waals surface area (Å²) < 4.78 is 40.9. The Morgan fingerprint density at radius 3 is 2.54 bits per heavy atom. The van der Waals surface area contributed by atoms with Gasteiger partial charge in [0.1, 0.15) is 18.7 Å². The normalized spacial score (nSPS) is 14.0. The van der Waals surface area contributed by atoms with Crippen LogP contribution in [0.25, 0.3) is 0 Å². The van der Waals surface area contributed by atoms with Crippen molar-refractivity contribution < 1.29 is 18.0 Å². The Morgan fingerprint density at radius 1 is 1.25 bits per heavy atom. The van der Waals surface area contributed by atoms with Crippen molar-refractivity contribution in [3.05, 3.63) is 48.5 Å². The number of halogens is 3. The topological polar surface area (TPSA) is 71.8 Å². The second-order valence-electron chi connectivity index (χ2n) is 5.42. The molecule has 0 saturated heterocycles. The predicted molar refractivity (Wildman–Crippen MR) is 81.1 cm³/mol. The Kier molecular flexibility index (Phi) is 5.78. The van der Waals surface area contributed by atoms with E-state index >= 15 is 0 Å². The van der Waals surface area contributed by atoms with E-state index in [0.29, 0.717) is 12.1 Å². The van der Waals surface area contributed by atoms with Gasteiger partial charge in [-0.2, -0.15) is 18.3 Å². The van der Waals surface area contributed by atoms with Crippen LogP contribution in [0.3, 0.4) is 0 Å². The number of amides is 2. The summed E-state index contributed by atoms with van der Waals surface area (Å²) >= 11 is 0. The number of carbonyl (C=O) groups is 1. The number of nitrogens with one attached hydrogen (secondary N) is 2. The zero-order valence-corrected chi connectivity index (χ0v) is 13.0. The third-order valence-corrected chi connectivity index (χ3v) is 3.29. The summed E-state index contributed by atoms with van der Waals surface area (Å²) in [7, 11) is 0. The molecule has 0 aliphatic heterocycles. The van der Waals surface area contributed by atoms with Crippen molar-refractivity contribution in [1.82, 2.24) is 25.4 Å². The number of alkyl halides is 3. The van der Waals surface area contributed by atoms with Crippen LogP contribution >= 0.6 is 0 Å². The Morgan fingerprint density at radius 2 is 1.96 bits per heavy atom. The van der Waals surface area contributed by atoms with Gasteiger partial charge in [-0.25, -0.2) is 9.78 Å². The van der Waals surface area contributed by atoms with Crippen molar-refractivity contribution in [2.75, 3.05) is 0 Å². The zero-order valence-electron chi connectivity index (χ0n) is 13.0. The lowest BCUT2D eigenvalue weighted by Crippen LogP contribution is -2.52. The number of nitrogens with zero attached hydrogens (tertiary/aromatic N) is 3. The Balaban J connectivity index is 1.92. The highest BCUT2D eigenvalue weighted by molar-refractivity contribution is 5.74. The van der Waals surface area contributed by atoms with E-state index < -0.39 is 24.3 Å². The second-order valence-corrected chi connectivity index (χ2v) is 5.42. The lowest BCUT2D eigenvalue weighted by Gasteiger charge is -2.23. The molecule has 1 aromatic carbocycles. The molecule has 0 aliphatic carbocycles. The van der Waals surface area contributed by atoms with Crippen LogP contribution in [0.5, 0.6) is 0 Å². The fourth-order valence-electron chi connectivity index (χ4n) is 2.18. The van der Waals surface area contributed by atoms with E-state index in [2.05, 4.69) is 15.4 Å². The fraction of sp³-hybridized carbons (Fsp3) is 0.400. The molecule has 2 atom stereocenters. The molecule has 24 heavy (non-hydrogen) atoms. The minimum atomic E-state index is -4.54. The van der Waals surface area contributed by atoms with E-state index in [1.165, 1.54) is 17.3 Å². The van der Waals surface area contributed by atoms with Crippen LogP contribution in [0, 0.1) is 0 Å². The van der Waals surface area contributed by atoms with Gasteiger partial charge in [0.05, 0.1) is 6.54 Å². The van der Waals surface area contributed by atoms with Gasteiger partial charge in [-0.15, -0.1) is 0 Å². The van der Waals surface area contributed by atoms with Crippen LogP contribution in [0.2, 0.25) is 0 Å². The van der Waals surface area contributed by atoms with Gasteiger partial charge in [0, 0.05) is 12.5 Å². The summed E-state index contributed by atoms with van der Waals surface area (Å²) in [5.74, 6) is 0. The third kappa shape index (κ3) is 5.56. The van der Waals surface area contributed by atoms with Crippen LogP contribution < -0.4 is 10.6 Å². The molecule has 2 rings (SSSR count).